The van der Waals surface area contributed by atoms with Gasteiger partial charge in [0.2, 0.25) is 5.91 Å². The molecule has 9 heteroatoms. The Hall–Kier alpha value is -2.91. The fourth-order valence-electron chi connectivity index (χ4n) is 2.21. The van der Waals surface area contributed by atoms with E-state index in [4.69, 9.17) is 4.74 Å². The third-order valence-electron chi connectivity index (χ3n) is 3.46. The molecule has 2 aromatic rings. The van der Waals surface area contributed by atoms with Crippen LogP contribution < -0.4 is 15.4 Å². The average molecular weight is 391 g/mol. The Labute approximate surface area is 158 Å². The molecule has 144 valence electrons. The lowest BCUT2D eigenvalue weighted by atomic mass is 10.2. The van der Waals surface area contributed by atoms with Gasteiger partial charge in [0.1, 0.15) is 0 Å². The van der Waals surface area contributed by atoms with Gasteiger partial charge in [-0.1, -0.05) is 6.07 Å². The molecular formula is C18H21N3O5S. The number of methoxy groups -OCH3 is 1. The molecule has 2 rings (SSSR count). The lowest BCUT2D eigenvalue weighted by molar-refractivity contribution is -0.114. The van der Waals surface area contributed by atoms with Crippen molar-refractivity contribution < 1.29 is 22.7 Å². The maximum Gasteiger partial charge on any atom is 0.261 e. The number of carbonyl (C=O) groups is 2. The molecule has 0 spiro atoms. The van der Waals surface area contributed by atoms with Crippen molar-refractivity contribution in [1.82, 2.24) is 5.32 Å². The summed E-state index contributed by atoms with van der Waals surface area (Å²) in [5, 5.41) is 5.23. The van der Waals surface area contributed by atoms with Crippen LogP contribution in [0, 0.1) is 0 Å². The molecule has 0 aliphatic heterocycles. The predicted molar refractivity (Wildman–Crippen MR) is 102 cm³/mol. The molecule has 0 fully saturated rings. The number of hydrogen-bond acceptors (Lipinski definition) is 5. The Morgan fingerprint density at radius 1 is 1.04 bits per heavy atom. The van der Waals surface area contributed by atoms with Gasteiger partial charge in [0.05, 0.1) is 11.5 Å². The van der Waals surface area contributed by atoms with Gasteiger partial charge in [-0.05, 0) is 42.5 Å². The highest BCUT2D eigenvalue weighted by atomic mass is 32.2. The van der Waals surface area contributed by atoms with Crippen molar-refractivity contribution in [2.75, 3.05) is 30.3 Å². The minimum Gasteiger partial charge on any atom is -0.383 e. The maximum absolute atomic E-state index is 12.6. The molecule has 27 heavy (non-hydrogen) atoms. The number of amides is 2. The molecule has 0 saturated heterocycles. The molecule has 0 atom stereocenters. The van der Waals surface area contributed by atoms with Crippen LogP contribution in [0.5, 0.6) is 0 Å². The SMILES string of the molecule is COCCNC(=O)c1cccc(S(=O)(=O)Nc2ccc(NC(C)=O)cc2)c1. The second kappa shape index (κ2) is 9.15. The van der Waals surface area contributed by atoms with Crippen molar-refractivity contribution >= 4 is 33.2 Å². The number of hydrogen-bond donors (Lipinski definition) is 3. The number of ether oxygens (including phenoxy) is 1. The summed E-state index contributed by atoms with van der Waals surface area (Å²) < 4.78 is 32.4. The van der Waals surface area contributed by atoms with Gasteiger partial charge in [-0.2, -0.15) is 0 Å². The Kier molecular flexibility index (Phi) is 6.91. The molecule has 0 unspecified atom stereocenters. The highest BCUT2D eigenvalue weighted by Gasteiger charge is 2.16. The second-order valence-corrected chi connectivity index (χ2v) is 7.32. The fourth-order valence-corrected chi connectivity index (χ4v) is 3.32. The van der Waals surface area contributed by atoms with Crippen LogP contribution in [0.25, 0.3) is 0 Å². The minimum atomic E-state index is -3.87. The van der Waals surface area contributed by atoms with Crippen LogP contribution in [0.4, 0.5) is 11.4 Å². The van der Waals surface area contributed by atoms with Crippen molar-refractivity contribution in [3.05, 3.63) is 54.1 Å². The smallest absolute Gasteiger partial charge is 0.261 e. The number of anilines is 2. The Balaban J connectivity index is 2.13. The first-order valence-corrected chi connectivity index (χ1v) is 9.58. The third kappa shape index (κ3) is 6.08. The summed E-state index contributed by atoms with van der Waals surface area (Å²) in [6.07, 6.45) is 0. The fraction of sp³-hybridized carbons (Fsp3) is 0.222. The molecule has 0 heterocycles. The standard InChI is InChI=1S/C18H21N3O5S/c1-13(22)20-15-6-8-16(9-7-15)21-27(24,25)17-5-3-4-14(12-17)18(23)19-10-11-26-2/h3-9,12,21H,10-11H2,1-2H3,(H,19,23)(H,20,22). The van der Waals surface area contributed by atoms with Crippen LogP contribution in [0.2, 0.25) is 0 Å². The minimum absolute atomic E-state index is 0.0344. The van der Waals surface area contributed by atoms with Gasteiger partial charge in [0, 0.05) is 37.5 Å². The molecule has 2 amide bonds. The van der Waals surface area contributed by atoms with E-state index in [9.17, 15) is 18.0 Å². The Morgan fingerprint density at radius 3 is 2.33 bits per heavy atom. The van der Waals surface area contributed by atoms with Crippen LogP contribution in [-0.4, -0.2) is 40.5 Å². The average Bonchev–Trinajstić information content (AvgIpc) is 2.63. The Bertz CT molecular complexity index is 911. The topological polar surface area (TPSA) is 114 Å². The maximum atomic E-state index is 12.6. The quantitative estimate of drug-likeness (QED) is 0.594. The molecule has 2 aromatic carbocycles. The van der Waals surface area contributed by atoms with Crippen molar-refractivity contribution in [2.45, 2.75) is 11.8 Å². The van der Waals surface area contributed by atoms with E-state index in [1.807, 2.05) is 0 Å². The zero-order valence-electron chi connectivity index (χ0n) is 15.0. The number of rotatable bonds is 8. The summed E-state index contributed by atoms with van der Waals surface area (Å²) in [7, 11) is -2.35. The lowest BCUT2D eigenvalue weighted by Crippen LogP contribution is -2.27. The molecule has 0 aromatic heterocycles. The van der Waals surface area contributed by atoms with Crippen LogP contribution in [0.15, 0.2) is 53.4 Å². The van der Waals surface area contributed by atoms with Gasteiger partial charge in [-0.3, -0.25) is 14.3 Å². The molecule has 0 aliphatic carbocycles. The zero-order chi connectivity index (χ0) is 19.9. The third-order valence-corrected chi connectivity index (χ3v) is 4.83. The molecule has 0 saturated carbocycles. The van der Waals surface area contributed by atoms with Crippen molar-refractivity contribution in [1.29, 1.82) is 0 Å². The van der Waals surface area contributed by atoms with Crippen LogP contribution in [0.3, 0.4) is 0 Å². The summed E-state index contributed by atoms with van der Waals surface area (Å²) in [5.74, 6) is -0.604. The lowest BCUT2D eigenvalue weighted by Gasteiger charge is -2.10. The summed E-state index contributed by atoms with van der Waals surface area (Å²) in [4.78, 5) is 23.1. The number of benzene rings is 2. The largest absolute Gasteiger partial charge is 0.383 e. The van der Waals surface area contributed by atoms with Crippen molar-refractivity contribution in [2.24, 2.45) is 0 Å². The van der Waals surface area contributed by atoms with E-state index in [-0.39, 0.29) is 22.3 Å². The van der Waals surface area contributed by atoms with E-state index in [1.54, 1.807) is 12.1 Å². The first-order chi connectivity index (χ1) is 12.8. The van der Waals surface area contributed by atoms with Crippen LogP contribution in [0.1, 0.15) is 17.3 Å². The van der Waals surface area contributed by atoms with E-state index in [0.29, 0.717) is 24.5 Å². The van der Waals surface area contributed by atoms with Crippen molar-refractivity contribution in [3.8, 4) is 0 Å². The molecular weight excluding hydrogens is 370 g/mol. The highest BCUT2D eigenvalue weighted by Crippen LogP contribution is 2.19. The summed E-state index contributed by atoms with van der Waals surface area (Å²) in [6.45, 7) is 2.07. The van der Waals surface area contributed by atoms with Gasteiger partial charge < -0.3 is 15.4 Å². The van der Waals surface area contributed by atoms with Gasteiger partial charge in [0.15, 0.2) is 0 Å². The first kappa shape index (κ1) is 20.4. The molecule has 8 nitrogen and oxygen atoms in total. The van der Waals surface area contributed by atoms with Gasteiger partial charge in [0.25, 0.3) is 15.9 Å². The van der Waals surface area contributed by atoms with Gasteiger partial charge in [-0.25, -0.2) is 8.42 Å². The highest BCUT2D eigenvalue weighted by molar-refractivity contribution is 7.92. The van der Waals surface area contributed by atoms with E-state index in [2.05, 4.69) is 15.4 Å². The van der Waals surface area contributed by atoms with E-state index < -0.39 is 10.0 Å². The van der Waals surface area contributed by atoms with E-state index in [0.717, 1.165) is 0 Å². The zero-order valence-corrected chi connectivity index (χ0v) is 15.8. The number of nitrogens with one attached hydrogen (secondary N) is 3. The summed E-state index contributed by atoms with van der Waals surface area (Å²) >= 11 is 0. The summed E-state index contributed by atoms with van der Waals surface area (Å²) in [6, 6.07) is 12.0. The normalized spacial score (nSPS) is 10.9. The monoisotopic (exact) mass is 391 g/mol. The van der Waals surface area contributed by atoms with Crippen LogP contribution in [-0.2, 0) is 19.6 Å². The van der Waals surface area contributed by atoms with E-state index in [1.165, 1.54) is 50.4 Å². The van der Waals surface area contributed by atoms with E-state index >= 15 is 0 Å². The second-order valence-electron chi connectivity index (χ2n) is 5.64. The molecule has 0 radical (unpaired) electrons. The van der Waals surface area contributed by atoms with Crippen LogP contribution >= 0.6 is 0 Å². The predicted octanol–water partition coefficient (Wildman–Crippen LogP) is 1.82. The van der Waals surface area contributed by atoms with Gasteiger partial charge >= 0.3 is 0 Å². The summed E-state index contributed by atoms with van der Waals surface area (Å²) in [5.41, 5.74) is 1.12. The number of carbonyl (C=O) groups excluding carboxylic acids is 2. The molecule has 0 bridgehead atoms. The Morgan fingerprint density at radius 2 is 1.70 bits per heavy atom. The molecule has 0 aliphatic rings. The number of sulfonamides is 1. The first-order valence-electron chi connectivity index (χ1n) is 8.09. The molecule has 3 N–H and O–H groups in total. The van der Waals surface area contributed by atoms with Gasteiger partial charge in [-0.15, -0.1) is 0 Å². The van der Waals surface area contributed by atoms with Crippen molar-refractivity contribution in [3.63, 3.8) is 0 Å².